The van der Waals surface area contributed by atoms with Crippen LogP contribution in [0.3, 0.4) is 0 Å². The van der Waals surface area contributed by atoms with Crippen LogP contribution < -0.4 is 0 Å². The van der Waals surface area contributed by atoms with Gasteiger partial charge in [0.05, 0.1) is 0 Å². The number of rotatable bonds is 3. The summed E-state index contributed by atoms with van der Waals surface area (Å²) in [4.78, 5) is 14.0. The molecule has 0 N–H and O–H groups in total. The number of hydrogen-bond donors (Lipinski definition) is 0. The van der Waals surface area contributed by atoms with Crippen molar-refractivity contribution in [2.24, 2.45) is 5.92 Å². The highest BCUT2D eigenvalue weighted by molar-refractivity contribution is 9.10. The van der Waals surface area contributed by atoms with Crippen molar-refractivity contribution in [2.45, 2.75) is 19.3 Å². The number of nitrogens with zero attached hydrogens (tertiary/aromatic N) is 1. The predicted octanol–water partition coefficient (Wildman–Crippen LogP) is 3.97. The first kappa shape index (κ1) is 12.9. The van der Waals surface area contributed by atoms with Crippen molar-refractivity contribution in [1.82, 2.24) is 4.90 Å². The Labute approximate surface area is 115 Å². The van der Waals surface area contributed by atoms with E-state index in [4.69, 9.17) is 11.6 Å². The molecule has 1 fully saturated rings. The van der Waals surface area contributed by atoms with Gasteiger partial charge in [-0.2, -0.15) is 0 Å². The molecule has 0 unspecified atom stereocenters. The standard InChI is InChI=1S/C13H15BrClNO/c1-16(8-9-3-2-4-9)13(17)10-5-11(14)7-12(15)6-10/h5-7,9H,2-4,8H2,1H3. The Kier molecular flexibility index (Phi) is 4.10. The molecule has 0 saturated heterocycles. The maximum absolute atomic E-state index is 12.2. The molecule has 17 heavy (non-hydrogen) atoms. The van der Waals surface area contributed by atoms with E-state index in [-0.39, 0.29) is 5.91 Å². The SMILES string of the molecule is CN(CC1CCC1)C(=O)c1cc(Cl)cc(Br)c1. The van der Waals surface area contributed by atoms with Gasteiger partial charge in [0.2, 0.25) is 0 Å². The molecule has 1 saturated carbocycles. The minimum absolute atomic E-state index is 0.0418. The molecule has 1 aliphatic carbocycles. The summed E-state index contributed by atoms with van der Waals surface area (Å²) in [5, 5.41) is 0.583. The van der Waals surface area contributed by atoms with Crippen LogP contribution in [0.4, 0.5) is 0 Å². The van der Waals surface area contributed by atoms with Gasteiger partial charge in [0, 0.05) is 28.7 Å². The fourth-order valence-electron chi connectivity index (χ4n) is 2.04. The molecular formula is C13H15BrClNO. The van der Waals surface area contributed by atoms with Gasteiger partial charge in [-0.1, -0.05) is 34.0 Å². The van der Waals surface area contributed by atoms with Crippen molar-refractivity contribution in [3.63, 3.8) is 0 Å². The van der Waals surface area contributed by atoms with E-state index in [2.05, 4.69) is 15.9 Å². The smallest absolute Gasteiger partial charge is 0.253 e. The molecule has 1 amide bonds. The Balaban J connectivity index is 2.06. The Morgan fingerprint density at radius 2 is 2.18 bits per heavy atom. The van der Waals surface area contributed by atoms with Gasteiger partial charge >= 0.3 is 0 Å². The Morgan fingerprint density at radius 1 is 1.47 bits per heavy atom. The molecule has 92 valence electrons. The summed E-state index contributed by atoms with van der Waals surface area (Å²) in [5.74, 6) is 0.728. The molecule has 0 radical (unpaired) electrons. The molecule has 2 nitrogen and oxygen atoms in total. The minimum Gasteiger partial charge on any atom is -0.341 e. The predicted molar refractivity (Wildman–Crippen MR) is 73.5 cm³/mol. The molecule has 0 spiro atoms. The molecular weight excluding hydrogens is 302 g/mol. The van der Waals surface area contributed by atoms with E-state index < -0.39 is 0 Å². The fourth-order valence-corrected chi connectivity index (χ4v) is 2.90. The summed E-state index contributed by atoms with van der Waals surface area (Å²) in [7, 11) is 1.86. The summed E-state index contributed by atoms with van der Waals surface area (Å²) < 4.78 is 0.838. The maximum atomic E-state index is 12.2. The van der Waals surface area contributed by atoms with Crippen LogP contribution in [0.5, 0.6) is 0 Å². The molecule has 0 aliphatic heterocycles. The van der Waals surface area contributed by atoms with Gasteiger partial charge in [-0.15, -0.1) is 0 Å². The van der Waals surface area contributed by atoms with Crippen molar-refractivity contribution in [2.75, 3.05) is 13.6 Å². The summed E-state index contributed by atoms with van der Waals surface area (Å²) in [6, 6.07) is 5.31. The highest BCUT2D eigenvalue weighted by Gasteiger charge is 2.22. The number of amides is 1. The first-order chi connectivity index (χ1) is 8.06. The van der Waals surface area contributed by atoms with Crippen LogP contribution in [0.15, 0.2) is 22.7 Å². The van der Waals surface area contributed by atoms with Crippen molar-refractivity contribution >= 4 is 33.4 Å². The molecule has 0 bridgehead atoms. The van der Waals surface area contributed by atoms with Gasteiger partial charge in [0.1, 0.15) is 0 Å². The zero-order valence-electron chi connectivity index (χ0n) is 9.75. The van der Waals surface area contributed by atoms with E-state index in [9.17, 15) is 4.79 Å². The lowest BCUT2D eigenvalue weighted by Crippen LogP contribution is -2.34. The van der Waals surface area contributed by atoms with E-state index in [1.165, 1.54) is 19.3 Å². The van der Waals surface area contributed by atoms with E-state index in [1.807, 2.05) is 13.1 Å². The third-order valence-corrected chi connectivity index (χ3v) is 3.89. The number of benzene rings is 1. The Hall–Kier alpha value is -0.540. The van der Waals surface area contributed by atoms with Crippen molar-refractivity contribution in [3.05, 3.63) is 33.3 Å². The van der Waals surface area contributed by atoms with E-state index >= 15 is 0 Å². The first-order valence-electron chi connectivity index (χ1n) is 5.78. The normalized spacial score (nSPS) is 15.5. The topological polar surface area (TPSA) is 20.3 Å². The van der Waals surface area contributed by atoms with Crippen LogP contribution in [0, 0.1) is 5.92 Å². The second-order valence-electron chi connectivity index (χ2n) is 4.64. The average molecular weight is 317 g/mol. The highest BCUT2D eigenvalue weighted by atomic mass is 79.9. The van der Waals surface area contributed by atoms with Gasteiger partial charge < -0.3 is 4.90 Å². The van der Waals surface area contributed by atoms with Gasteiger partial charge in [0.25, 0.3) is 5.91 Å². The van der Waals surface area contributed by atoms with Gasteiger partial charge in [0.15, 0.2) is 0 Å². The van der Waals surface area contributed by atoms with Crippen LogP contribution in [0.1, 0.15) is 29.6 Å². The van der Waals surface area contributed by atoms with E-state index in [0.717, 1.165) is 11.0 Å². The van der Waals surface area contributed by atoms with E-state index in [1.54, 1.807) is 17.0 Å². The number of carbonyl (C=O) groups excluding carboxylic acids is 1. The quantitative estimate of drug-likeness (QED) is 0.826. The molecule has 1 aromatic carbocycles. The molecule has 1 aliphatic rings. The first-order valence-corrected chi connectivity index (χ1v) is 6.95. The lowest BCUT2D eigenvalue weighted by atomic mass is 9.85. The molecule has 4 heteroatoms. The summed E-state index contributed by atoms with van der Waals surface area (Å²) in [6.07, 6.45) is 3.79. The monoisotopic (exact) mass is 315 g/mol. The lowest BCUT2D eigenvalue weighted by Gasteiger charge is -2.30. The summed E-state index contributed by atoms with van der Waals surface area (Å²) in [6.45, 7) is 0.850. The van der Waals surface area contributed by atoms with Crippen molar-refractivity contribution < 1.29 is 4.79 Å². The molecule has 2 rings (SSSR count). The molecule has 0 aromatic heterocycles. The second kappa shape index (κ2) is 5.40. The Morgan fingerprint density at radius 3 is 2.71 bits per heavy atom. The van der Waals surface area contributed by atoms with Gasteiger partial charge in [-0.05, 0) is 37.0 Å². The summed E-state index contributed by atoms with van der Waals surface area (Å²) in [5.41, 5.74) is 0.645. The third kappa shape index (κ3) is 3.23. The molecule has 1 aromatic rings. The summed E-state index contributed by atoms with van der Waals surface area (Å²) >= 11 is 9.29. The third-order valence-electron chi connectivity index (χ3n) is 3.21. The number of halogens is 2. The van der Waals surface area contributed by atoms with Crippen LogP contribution in [0.2, 0.25) is 5.02 Å². The van der Waals surface area contributed by atoms with Crippen LogP contribution in [-0.2, 0) is 0 Å². The Bertz CT molecular complexity index is 411. The average Bonchev–Trinajstić information content (AvgIpc) is 2.20. The molecule has 0 heterocycles. The van der Waals surface area contributed by atoms with Crippen LogP contribution >= 0.6 is 27.5 Å². The lowest BCUT2D eigenvalue weighted by molar-refractivity contribution is 0.0745. The molecule has 0 atom stereocenters. The van der Waals surface area contributed by atoms with Gasteiger partial charge in [-0.3, -0.25) is 4.79 Å². The van der Waals surface area contributed by atoms with Crippen LogP contribution in [-0.4, -0.2) is 24.4 Å². The zero-order chi connectivity index (χ0) is 12.4. The van der Waals surface area contributed by atoms with Crippen LogP contribution in [0.25, 0.3) is 0 Å². The fraction of sp³-hybridized carbons (Fsp3) is 0.462. The number of hydrogen-bond acceptors (Lipinski definition) is 1. The van der Waals surface area contributed by atoms with E-state index in [0.29, 0.717) is 16.5 Å². The van der Waals surface area contributed by atoms with Crippen molar-refractivity contribution in [1.29, 1.82) is 0 Å². The van der Waals surface area contributed by atoms with Crippen molar-refractivity contribution in [3.8, 4) is 0 Å². The maximum Gasteiger partial charge on any atom is 0.253 e. The number of carbonyl (C=O) groups is 1. The second-order valence-corrected chi connectivity index (χ2v) is 5.99. The largest absolute Gasteiger partial charge is 0.341 e. The highest BCUT2D eigenvalue weighted by Crippen LogP contribution is 2.27. The minimum atomic E-state index is 0.0418. The zero-order valence-corrected chi connectivity index (χ0v) is 12.1. The van der Waals surface area contributed by atoms with Gasteiger partial charge in [-0.25, -0.2) is 0 Å².